The van der Waals surface area contributed by atoms with Crippen molar-refractivity contribution in [3.8, 4) is 5.88 Å². The number of hydrogen-bond acceptors (Lipinski definition) is 5. The summed E-state index contributed by atoms with van der Waals surface area (Å²) in [6, 6.07) is 0. The fraction of sp³-hybridized carbons (Fsp3) is 0.643. The summed E-state index contributed by atoms with van der Waals surface area (Å²) in [7, 11) is 1.58. The lowest BCUT2D eigenvalue weighted by molar-refractivity contribution is -0.137. The minimum Gasteiger partial charge on any atom is -0.481 e. The van der Waals surface area contributed by atoms with Crippen LogP contribution in [0.2, 0.25) is 0 Å². The van der Waals surface area contributed by atoms with Gasteiger partial charge in [-0.15, -0.1) is 0 Å². The molecule has 6 nitrogen and oxygen atoms in total. The predicted molar refractivity (Wildman–Crippen MR) is 77.1 cm³/mol. The number of carbonyl (C=O) groups is 1. The van der Waals surface area contributed by atoms with Gasteiger partial charge < -0.3 is 15.2 Å². The van der Waals surface area contributed by atoms with Gasteiger partial charge in [-0.1, -0.05) is 13.8 Å². The third kappa shape index (κ3) is 5.03. The van der Waals surface area contributed by atoms with Gasteiger partial charge in [0.15, 0.2) is 0 Å². The second-order valence-electron chi connectivity index (χ2n) is 5.59. The zero-order valence-corrected chi connectivity index (χ0v) is 12.6. The van der Waals surface area contributed by atoms with Gasteiger partial charge in [0.2, 0.25) is 5.88 Å². The van der Waals surface area contributed by atoms with Crippen molar-refractivity contribution in [2.75, 3.05) is 19.0 Å². The molecular weight excluding hydrogens is 258 g/mol. The first-order valence-electron chi connectivity index (χ1n) is 6.67. The smallest absolute Gasteiger partial charge is 0.303 e. The third-order valence-corrected chi connectivity index (χ3v) is 3.34. The quantitative estimate of drug-likeness (QED) is 0.761. The largest absolute Gasteiger partial charge is 0.481 e. The van der Waals surface area contributed by atoms with Crippen molar-refractivity contribution in [2.24, 2.45) is 5.41 Å². The first-order chi connectivity index (χ1) is 9.35. The van der Waals surface area contributed by atoms with E-state index < -0.39 is 5.97 Å². The summed E-state index contributed by atoms with van der Waals surface area (Å²) in [6.07, 6.45) is 3.19. The molecule has 0 saturated carbocycles. The van der Waals surface area contributed by atoms with Gasteiger partial charge >= 0.3 is 5.97 Å². The number of nitrogens with one attached hydrogen (secondary N) is 1. The highest BCUT2D eigenvalue weighted by Gasteiger charge is 2.19. The van der Waals surface area contributed by atoms with Crippen LogP contribution in [-0.2, 0) is 4.79 Å². The van der Waals surface area contributed by atoms with Gasteiger partial charge in [-0.25, -0.2) is 9.97 Å². The Morgan fingerprint density at radius 1 is 1.40 bits per heavy atom. The first kappa shape index (κ1) is 16.2. The van der Waals surface area contributed by atoms with Crippen molar-refractivity contribution in [1.29, 1.82) is 0 Å². The Kier molecular flexibility index (Phi) is 5.73. The molecule has 112 valence electrons. The second kappa shape index (κ2) is 7.07. The third-order valence-electron chi connectivity index (χ3n) is 3.34. The molecular formula is C14H23N3O3. The zero-order chi connectivity index (χ0) is 15.2. The molecule has 2 N–H and O–H groups in total. The number of nitrogens with zero attached hydrogens (tertiary/aromatic N) is 2. The number of hydrogen-bond donors (Lipinski definition) is 2. The van der Waals surface area contributed by atoms with Crippen molar-refractivity contribution in [3.63, 3.8) is 0 Å². The summed E-state index contributed by atoms with van der Waals surface area (Å²) in [4.78, 5) is 18.8. The number of carboxylic acid groups (broad SMARTS) is 1. The first-order valence-corrected chi connectivity index (χ1v) is 6.67. The van der Waals surface area contributed by atoms with Gasteiger partial charge in [0.05, 0.1) is 12.7 Å². The Hall–Kier alpha value is -1.85. The highest BCUT2D eigenvalue weighted by atomic mass is 16.5. The number of aliphatic carboxylic acids is 1. The van der Waals surface area contributed by atoms with Crippen molar-refractivity contribution < 1.29 is 14.6 Å². The molecule has 0 atom stereocenters. The molecule has 0 aliphatic carbocycles. The Morgan fingerprint density at radius 3 is 2.70 bits per heavy atom. The minimum atomic E-state index is -0.748. The van der Waals surface area contributed by atoms with Crippen LogP contribution in [0.25, 0.3) is 0 Å². The van der Waals surface area contributed by atoms with Crippen LogP contribution in [0.4, 0.5) is 5.82 Å². The van der Waals surface area contributed by atoms with Crippen molar-refractivity contribution >= 4 is 11.8 Å². The Balaban J connectivity index is 2.50. The van der Waals surface area contributed by atoms with E-state index in [0.717, 1.165) is 24.3 Å². The molecule has 0 aliphatic rings. The number of aromatic nitrogens is 2. The van der Waals surface area contributed by atoms with E-state index in [1.807, 2.05) is 6.92 Å². The van der Waals surface area contributed by atoms with E-state index in [9.17, 15) is 4.79 Å². The van der Waals surface area contributed by atoms with Crippen LogP contribution in [0, 0.1) is 12.3 Å². The molecule has 0 fully saturated rings. The summed E-state index contributed by atoms with van der Waals surface area (Å²) >= 11 is 0. The molecule has 0 aliphatic heterocycles. The lowest BCUT2D eigenvalue weighted by Gasteiger charge is -2.24. The standard InChI is InChI=1S/C14H23N3O3/c1-10-12(16-9-17-13(10)20-4)15-8-7-14(2,3)6-5-11(18)19/h9H,5-8H2,1-4H3,(H,18,19)(H,15,16,17). The summed E-state index contributed by atoms with van der Waals surface area (Å²) in [6.45, 7) is 6.78. The maximum absolute atomic E-state index is 10.6. The maximum Gasteiger partial charge on any atom is 0.303 e. The minimum absolute atomic E-state index is 0.0174. The molecule has 0 radical (unpaired) electrons. The Morgan fingerprint density at radius 2 is 2.10 bits per heavy atom. The molecule has 1 rings (SSSR count). The Labute approximate surface area is 119 Å². The average molecular weight is 281 g/mol. The van der Waals surface area contributed by atoms with E-state index >= 15 is 0 Å². The zero-order valence-electron chi connectivity index (χ0n) is 12.6. The van der Waals surface area contributed by atoms with Gasteiger partial charge in [-0.3, -0.25) is 4.79 Å². The van der Waals surface area contributed by atoms with Crippen LogP contribution < -0.4 is 10.1 Å². The SMILES string of the molecule is COc1ncnc(NCCC(C)(C)CCC(=O)O)c1C. The van der Waals surface area contributed by atoms with Crippen molar-refractivity contribution in [3.05, 3.63) is 11.9 Å². The number of methoxy groups -OCH3 is 1. The number of anilines is 1. The lowest BCUT2D eigenvalue weighted by atomic mass is 9.84. The van der Waals surface area contributed by atoms with Crippen LogP contribution >= 0.6 is 0 Å². The molecule has 1 heterocycles. The molecule has 1 aromatic heterocycles. The van der Waals surface area contributed by atoms with E-state index in [4.69, 9.17) is 9.84 Å². The summed E-state index contributed by atoms with van der Waals surface area (Å²) in [5.74, 6) is 0.570. The number of carboxylic acids is 1. The van der Waals surface area contributed by atoms with Gasteiger partial charge in [-0.2, -0.15) is 0 Å². The summed E-state index contributed by atoms with van der Waals surface area (Å²) in [5.41, 5.74) is 0.856. The summed E-state index contributed by atoms with van der Waals surface area (Å²) in [5, 5.41) is 12.0. The number of ether oxygens (including phenoxy) is 1. The van der Waals surface area contributed by atoms with Crippen molar-refractivity contribution in [2.45, 2.75) is 40.0 Å². The van der Waals surface area contributed by atoms with Crippen LogP contribution in [0.3, 0.4) is 0 Å². The van der Waals surface area contributed by atoms with Crippen LogP contribution in [0.5, 0.6) is 5.88 Å². The van der Waals surface area contributed by atoms with Crippen molar-refractivity contribution in [1.82, 2.24) is 9.97 Å². The van der Waals surface area contributed by atoms with E-state index in [2.05, 4.69) is 29.1 Å². The summed E-state index contributed by atoms with van der Waals surface area (Å²) < 4.78 is 5.14. The maximum atomic E-state index is 10.6. The topological polar surface area (TPSA) is 84.3 Å². The monoisotopic (exact) mass is 281 g/mol. The lowest BCUT2D eigenvalue weighted by Crippen LogP contribution is -2.19. The molecule has 1 aromatic rings. The average Bonchev–Trinajstić information content (AvgIpc) is 2.38. The molecule has 20 heavy (non-hydrogen) atoms. The molecule has 0 amide bonds. The van der Waals surface area contributed by atoms with Gasteiger partial charge in [0.1, 0.15) is 12.1 Å². The van der Waals surface area contributed by atoms with Gasteiger partial charge in [-0.05, 0) is 25.2 Å². The normalized spacial score (nSPS) is 11.2. The van der Waals surface area contributed by atoms with E-state index in [-0.39, 0.29) is 11.8 Å². The number of rotatable bonds is 8. The second-order valence-corrected chi connectivity index (χ2v) is 5.59. The highest BCUT2D eigenvalue weighted by Crippen LogP contribution is 2.27. The molecule has 0 bridgehead atoms. The van der Waals surface area contributed by atoms with Gasteiger partial charge in [0, 0.05) is 13.0 Å². The van der Waals surface area contributed by atoms with Crippen LogP contribution in [0.15, 0.2) is 6.33 Å². The molecule has 0 aromatic carbocycles. The molecule has 0 spiro atoms. The van der Waals surface area contributed by atoms with Crippen LogP contribution in [-0.4, -0.2) is 34.7 Å². The van der Waals surface area contributed by atoms with E-state index in [1.165, 1.54) is 6.33 Å². The van der Waals surface area contributed by atoms with E-state index in [1.54, 1.807) is 7.11 Å². The van der Waals surface area contributed by atoms with E-state index in [0.29, 0.717) is 12.3 Å². The fourth-order valence-corrected chi connectivity index (χ4v) is 1.91. The highest BCUT2D eigenvalue weighted by molar-refractivity contribution is 5.66. The molecule has 0 saturated heterocycles. The molecule has 6 heteroatoms. The van der Waals surface area contributed by atoms with Gasteiger partial charge in [0.25, 0.3) is 0 Å². The van der Waals surface area contributed by atoms with Crippen LogP contribution in [0.1, 0.15) is 38.7 Å². The fourth-order valence-electron chi connectivity index (χ4n) is 1.91. The Bertz CT molecular complexity index is 461. The predicted octanol–water partition coefficient (Wildman–Crippen LogP) is 2.49. The molecule has 0 unspecified atom stereocenters.